The number of allylic oxidation sites excluding steroid dienone is 16. The molecule has 47 heavy (non-hydrogen) atoms. The van der Waals surface area contributed by atoms with Crippen molar-refractivity contribution in [3.8, 4) is 0 Å². The molecule has 0 unspecified atom stereocenters. The number of rotatable bonds is 22. The van der Waals surface area contributed by atoms with E-state index in [1.807, 2.05) is 0 Å². The van der Waals surface area contributed by atoms with Crippen molar-refractivity contribution in [2.75, 3.05) is 0 Å². The molecule has 0 aromatic heterocycles. The van der Waals surface area contributed by atoms with Gasteiger partial charge in [-0.3, -0.25) is 9.13 Å². The van der Waals surface area contributed by atoms with Gasteiger partial charge in [-0.05, 0) is 146 Å². The normalized spacial score (nSPS) is 14.9. The molecule has 0 aliphatic carbocycles. The predicted molar refractivity (Wildman–Crippen MR) is 204 cm³/mol. The second-order valence-corrected chi connectivity index (χ2v) is 17.9. The molecule has 4 N–H and O–H groups in total. The Morgan fingerprint density at radius 1 is 0.404 bits per heavy atom. The molecule has 268 valence electrons. The second-order valence-electron chi connectivity index (χ2n) is 13.8. The first-order chi connectivity index (χ1) is 21.7. The highest BCUT2D eigenvalue weighted by molar-refractivity contribution is 7.73. The van der Waals surface area contributed by atoms with Gasteiger partial charge in [-0.25, -0.2) is 0 Å². The Morgan fingerprint density at radius 3 is 0.830 bits per heavy atom. The molecule has 6 nitrogen and oxygen atoms in total. The van der Waals surface area contributed by atoms with Crippen LogP contribution in [0, 0.1) is 0 Å². The zero-order valence-corrected chi connectivity index (χ0v) is 32.9. The first-order valence-electron chi connectivity index (χ1n) is 17.1. The summed E-state index contributed by atoms with van der Waals surface area (Å²) < 4.78 is 25.5. The van der Waals surface area contributed by atoms with Gasteiger partial charge in [0.25, 0.3) is 0 Å². The smallest absolute Gasteiger partial charge is 0.323 e. The summed E-state index contributed by atoms with van der Waals surface area (Å²) in [6, 6.07) is 0. The Kier molecular flexibility index (Phi) is 21.9. The van der Waals surface area contributed by atoms with Crippen LogP contribution in [0.1, 0.15) is 146 Å². The maximum atomic E-state index is 12.8. The van der Waals surface area contributed by atoms with E-state index in [2.05, 4.69) is 91.8 Å². The van der Waals surface area contributed by atoms with E-state index in [0.29, 0.717) is 36.8 Å². The van der Waals surface area contributed by atoms with E-state index in [4.69, 9.17) is 0 Å². The van der Waals surface area contributed by atoms with Gasteiger partial charge in [0.2, 0.25) is 4.90 Å². The molecule has 0 spiro atoms. The van der Waals surface area contributed by atoms with E-state index < -0.39 is 20.1 Å². The van der Waals surface area contributed by atoms with Crippen molar-refractivity contribution >= 4 is 15.2 Å². The number of hydrogen-bond acceptors (Lipinski definition) is 2. The summed E-state index contributed by atoms with van der Waals surface area (Å²) in [7, 11) is -10.6. The van der Waals surface area contributed by atoms with E-state index in [1.54, 1.807) is 13.8 Å². The highest BCUT2D eigenvalue weighted by Crippen LogP contribution is 2.71. The first-order valence-corrected chi connectivity index (χ1v) is 20.3. The zero-order valence-electron chi connectivity index (χ0n) is 31.1. The number of hydrogen-bond donors (Lipinski definition) is 4. The van der Waals surface area contributed by atoms with Crippen LogP contribution < -0.4 is 0 Å². The molecule has 0 radical (unpaired) electrons. The highest BCUT2D eigenvalue weighted by atomic mass is 31.2. The lowest BCUT2D eigenvalue weighted by Gasteiger charge is -2.30. The van der Waals surface area contributed by atoms with Crippen molar-refractivity contribution in [1.82, 2.24) is 0 Å². The molecular formula is C39H66O6P2. The average molecular weight is 693 g/mol. The Morgan fingerprint density at radius 2 is 0.617 bits per heavy atom. The summed E-state index contributed by atoms with van der Waals surface area (Å²) >= 11 is 0. The summed E-state index contributed by atoms with van der Waals surface area (Å²) in [6.45, 7) is 20.2. The van der Waals surface area contributed by atoms with Gasteiger partial charge in [0.1, 0.15) is 0 Å². The maximum Gasteiger partial charge on any atom is 0.351 e. The molecule has 0 bridgehead atoms. The molecule has 0 aliphatic rings. The van der Waals surface area contributed by atoms with Gasteiger partial charge < -0.3 is 19.6 Å². The molecule has 0 fully saturated rings. The fraction of sp³-hybridized carbons (Fsp3) is 0.590. The minimum atomic E-state index is -5.28. The molecule has 0 saturated carbocycles. The SMILES string of the molecule is CC(C)=CCCC(C)=CCC/C(C)=C\CC/C(C)=C/C(/C=C(\C)CC/C=C(/C)CCC=C(C)CCC=C(C)C)(P(=O)(O)O)P(=O)(O)O. The van der Waals surface area contributed by atoms with Crippen molar-refractivity contribution in [2.24, 2.45) is 0 Å². The van der Waals surface area contributed by atoms with Crippen LogP contribution in [0.25, 0.3) is 0 Å². The first kappa shape index (κ1) is 45.2. The van der Waals surface area contributed by atoms with Gasteiger partial charge >= 0.3 is 15.2 Å². The quantitative estimate of drug-likeness (QED) is 0.0663. The third-order valence-corrected chi connectivity index (χ3v) is 12.1. The van der Waals surface area contributed by atoms with Gasteiger partial charge in [0.05, 0.1) is 0 Å². The summed E-state index contributed by atoms with van der Waals surface area (Å²) in [6.07, 6.45) is 25.5. The monoisotopic (exact) mass is 692 g/mol. The fourth-order valence-corrected chi connectivity index (χ4v) is 8.10. The Bertz CT molecular complexity index is 1210. The van der Waals surface area contributed by atoms with Gasteiger partial charge in [0.15, 0.2) is 0 Å². The van der Waals surface area contributed by atoms with Crippen LogP contribution in [-0.2, 0) is 9.13 Å². The molecule has 0 rings (SSSR count). The minimum absolute atomic E-state index is 0.439. The van der Waals surface area contributed by atoms with Crippen LogP contribution in [0.2, 0.25) is 0 Å². The van der Waals surface area contributed by atoms with Crippen LogP contribution in [0.3, 0.4) is 0 Å². The van der Waals surface area contributed by atoms with Crippen LogP contribution >= 0.6 is 15.2 Å². The summed E-state index contributed by atoms with van der Waals surface area (Å²) in [5, 5.41) is 0. The fourth-order valence-electron chi connectivity index (χ4n) is 5.19. The van der Waals surface area contributed by atoms with Gasteiger partial charge in [-0.2, -0.15) is 0 Å². The zero-order chi connectivity index (χ0) is 36.3. The third kappa shape index (κ3) is 20.4. The van der Waals surface area contributed by atoms with Crippen LogP contribution in [0.4, 0.5) is 0 Å². The van der Waals surface area contributed by atoms with Crippen molar-refractivity contribution in [1.29, 1.82) is 0 Å². The molecule has 8 heteroatoms. The summed E-state index contributed by atoms with van der Waals surface area (Å²) in [4.78, 5) is 38.6. The molecule has 0 heterocycles. The summed E-state index contributed by atoms with van der Waals surface area (Å²) in [5.41, 5.74) is 8.90. The van der Waals surface area contributed by atoms with E-state index in [9.17, 15) is 28.7 Å². The Labute approximate surface area is 287 Å². The predicted octanol–water partition coefficient (Wildman–Crippen LogP) is 12.3. The molecular weight excluding hydrogens is 626 g/mol. The lowest BCUT2D eigenvalue weighted by atomic mass is 10.0. The average Bonchev–Trinajstić information content (AvgIpc) is 2.91. The van der Waals surface area contributed by atoms with E-state index in [-0.39, 0.29) is 0 Å². The van der Waals surface area contributed by atoms with Gasteiger partial charge in [-0.15, -0.1) is 0 Å². The minimum Gasteiger partial charge on any atom is -0.323 e. The standard InChI is InChI=1S/C39H66O6P2/c1-31(2)17-11-19-33(5)21-13-23-35(7)25-15-27-37(9)29-39(46(40,41)42,47(43,44)45)30-38(10)28-16-26-36(8)24-14-22-34(6)20-12-18-32(3)4/h17-18,21-22,25-26,29-30H,11-16,19-20,23-24,27-28H2,1-10H3,(H2,40,41,42)(H2,43,44,45)/b33-21?,34-22?,35-25-,36-26-,37-29+,38-30+. The molecule has 0 aromatic rings. The van der Waals surface area contributed by atoms with E-state index >= 15 is 0 Å². The molecule has 0 amide bonds. The highest BCUT2D eigenvalue weighted by Gasteiger charge is 2.57. The third-order valence-electron chi connectivity index (χ3n) is 8.16. The van der Waals surface area contributed by atoms with Crippen molar-refractivity contribution in [3.05, 3.63) is 93.2 Å². The maximum absolute atomic E-state index is 12.8. The second kappa shape index (κ2) is 22.8. The van der Waals surface area contributed by atoms with Crippen molar-refractivity contribution < 1.29 is 28.7 Å². The Hall–Kier alpha value is -1.78. The van der Waals surface area contributed by atoms with Crippen molar-refractivity contribution in [2.45, 2.75) is 151 Å². The topological polar surface area (TPSA) is 115 Å². The largest absolute Gasteiger partial charge is 0.351 e. The van der Waals surface area contributed by atoms with Crippen LogP contribution in [0.5, 0.6) is 0 Å². The molecule has 0 saturated heterocycles. The molecule has 0 aliphatic heterocycles. The van der Waals surface area contributed by atoms with Crippen LogP contribution in [-0.4, -0.2) is 24.5 Å². The van der Waals surface area contributed by atoms with Gasteiger partial charge in [0, 0.05) is 0 Å². The molecule has 0 aromatic carbocycles. The lowest BCUT2D eigenvalue weighted by molar-refractivity contribution is 0.332. The van der Waals surface area contributed by atoms with Gasteiger partial charge in [-0.1, -0.05) is 93.2 Å². The lowest BCUT2D eigenvalue weighted by Crippen LogP contribution is -2.25. The van der Waals surface area contributed by atoms with Crippen LogP contribution in [0.15, 0.2) is 93.2 Å². The van der Waals surface area contributed by atoms with E-state index in [1.165, 1.54) is 33.4 Å². The Balaban J connectivity index is 5.50. The molecule has 0 atom stereocenters. The van der Waals surface area contributed by atoms with Crippen molar-refractivity contribution in [3.63, 3.8) is 0 Å². The summed E-state index contributed by atoms with van der Waals surface area (Å²) in [5.74, 6) is 0. The van der Waals surface area contributed by atoms with E-state index in [0.717, 1.165) is 63.5 Å².